The van der Waals surface area contributed by atoms with Gasteiger partial charge in [0.05, 0.1) is 17.8 Å². The van der Waals surface area contributed by atoms with Crippen LogP contribution in [-0.2, 0) is 11.3 Å². The Labute approximate surface area is 123 Å². The van der Waals surface area contributed by atoms with Crippen molar-refractivity contribution in [1.29, 1.82) is 0 Å². The average Bonchev–Trinajstić information content (AvgIpc) is 2.69. The third-order valence-electron chi connectivity index (χ3n) is 3.93. The maximum Gasteiger partial charge on any atom is 0.299 e. The van der Waals surface area contributed by atoms with E-state index in [1.807, 2.05) is 32.9 Å². The van der Waals surface area contributed by atoms with E-state index >= 15 is 0 Å². The van der Waals surface area contributed by atoms with Gasteiger partial charge in [0, 0.05) is 12.4 Å². The number of anilines is 1. The number of amides is 1. The number of carbonyl (C=O) groups is 2. The average molecular weight is 280 g/mol. The minimum atomic E-state index is -0.458. The van der Waals surface area contributed by atoms with E-state index in [1.165, 1.54) is 0 Å². The zero-order chi connectivity index (χ0) is 15.1. The number of rotatable bonds is 2. The normalized spacial score (nSPS) is 13.8. The molecule has 1 aromatic carbocycles. The van der Waals surface area contributed by atoms with Gasteiger partial charge in [0.15, 0.2) is 0 Å². The summed E-state index contributed by atoms with van der Waals surface area (Å²) in [4.78, 5) is 30.1. The molecule has 4 heteroatoms. The first-order valence-electron chi connectivity index (χ1n) is 6.86. The van der Waals surface area contributed by atoms with Crippen molar-refractivity contribution in [2.75, 3.05) is 4.90 Å². The van der Waals surface area contributed by atoms with Crippen LogP contribution in [0.25, 0.3) is 0 Å². The zero-order valence-electron chi connectivity index (χ0n) is 12.3. The molecule has 3 rings (SSSR count). The van der Waals surface area contributed by atoms with E-state index in [2.05, 4.69) is 4.98 Å². The van der Waals surface area contributed by atoms with Crippen LogP contribution in [-0.4, -0.2) is 16.7 Å². The van der Waals surface area contributed by atoms with Gasteiger partial charge < -0.3 is 0 Å². The van der Waals surface area contributed by atoms with E-state index in [0.29, 0.717) is 12.1 Å². The molecule has 0 saturated heterocycles. The maximum absolute atomic E-state index is 12.3. The van der Waals surface area contributed by atoms with E-state index in [4.69, 9.17) is 0 Å². The number of Topliss-reactive ketones (excluding diaryl/α,β-unsaturated/α-hetero) is 1. The number of carbonyl (C=O) groups excluding carboxylic acids is 2. The third-order valence-corrected chi connectivity index (χ3v) is 3.93. The Balaban J connectivity index is 2.07. The summed E-state index contributed by atoms with van der Waals surface area (Å²) in [5, 5.41) is 0. The summed E-state index contributed by atoms with van der Waals surface area (Å²) in [6.07, 6.45) is 3.50. The van der Waals surface area contributed by atoms with Crippen molar-refractivity contribution < 1.29 is 9.59 Å². The van der Waals surface area contributed by atoms with Crippen LogP contribution < -0.4 is 4.90 Å². The molecule has 0 N–H and O–H groups in total. The second-order valence-electron chi connectivity index (χ2n) is 5.49. The summed E-state index contributed by atoms with van der Waals surface area (Å²) in [6, 6.07) is 5.61. The molecule has 0 unspecified atom stereocenters. The van der Waals surface area contributed by atoms with E-state index in [0.717, 1.165) is 27.9 Å². The lowest BCUT2D eigenvalue weighted by Crippen LogP contribution is -2.29. The molecule has 0 bridgehead atoms. The summed E-state index contributed by atoms with van der Waals surface area (Å²) in [7, 11) is 0. The van der Waals surface area contributed by atoms with Crippen LogP contribution in [0.5, 0.6) is 0 Å². The topological polar surface area (TPSA) is 50.3 Å². The van der Waals surface area contributed by atoms with Crippen LogP contribution in [0.1, 0.15) is 32.6 Å². The SMILES string of the molecule is Cc1cncc(CN2C(=O)C(=O)c3ccc(C)c(C)c32)c1. The van der Waals surface area contributed by atoms with Gasteiger partial charge in [-0.15, -0.1) is 0 Å². The Morgan fingerprint density at radius 3 is 2.57 bits per heavy atom. The monoisotopic (exact) mass is 280 g/mol. The van der Waals surface area contributed by atoms with Crippen molar-refractivity contribution in [3.63, 3.8) is 0 Å². The summed E-state index contributed by atoms with van der Waals surface area (Å²) in [5.74, 6) is -0.881. The zero-order valence-corrected chi connectivity index (χ0v) is 12.3. The Kier molecular flexibility index (Phi) is 3.09. The Bertz CT molecular complexity index is 765. The second-order valence-corrected chi connectivity index (χ2v) is 5.49. The first-order valence-corrected chi connectivity index (χ1v) is 6.86. The smallest absolute Gasteiger partial charge is 0.299 e. The molecule has 21 heavy (non-hydrogen) atoms. The molecule has 2 heterocycles. The van der Waals surface area contributed by atoms with Crippen LogP contribution in [0.2, 0.25) is 0 Å². The first-order chi connectivity index (χ1) is 9.99. The molecule has 0 radical (unpaired) electrons. The van der Waals surface area contributed by atoms with Crippen molar-refractivity contribution >= 4 is 17.4 Å². The summed E-state index contributed by atoms with van der Waals surface area (Å²) in [5.41, 5.74) is 5.25. The molecule has 2 aromatic rings. The van der Waals surface area contributed by atoms with E-state index in [-0.39, 0.29) is 0 Å². The number of aryl methyl sites for hydroxylation is 2. The van der Waals surface area contributed by atoms with Crippen LogP contribution >= 0.6 is 0 Å². The lowest BCUT2D eigenvalue weighted by Gasteiger charge is -2.19. The van der Waals surface area contributed by atoms with Crippen molar-refractivity contribution in [1.82, 2.24) is 4.98 Å². The van der Waals surface area contributed by atoms with Gasteiger partial charge in [-0.25, -0.2) is 0 Å². The number of fused-ring (bicyclic) bond motifs is 1. The van der Waals surface area contributed by atoms with Crippen LogP contribution in [0.15, 0.2) is 30.6 Å². The molecule has 0 saturated carbocycles. The quantitative estimate of drug-likeness (QED) is 0.795. The number of hydrogen-bond donors (Lipinski definition) is 0. The second kappa shape index (κ2) is 4.81. The van der Waals surface area contributed by atoms with Gasteiger partial charge in [0.2, 0.25) is 0 Å². The molecule has 0 atom stereocenters. The maximum atomic E-state index is 12.3. The molecule has 1 aromatic heterocycles. The number of nitrogens with zero attached hydrogens (tertiary/aromatic N) is 2. The molecular formula is C17H16N2O2. The van der Waals surface area contributed by atoms with E-state index in [9.17, 15) is 9.59 Å². The molecule has 0 fully saturated rings. The van der Waals surface area contributed by atoms with E-state index < -0.39 is 11.7 Å². The molecule has 0 spiro atoms. The molecule has 106 valence electrons. The summed E-state index contributed by atoms with van der Waals surface area (Å²) < 4.78 is 0. The molecular weight excluding hydrogens is 264 g/mol. The fourth-order valence-electron chi connectivity index (χ4n) is 2.71. The molecule has 1 aliphatic rings. The lowest BCUT2D eigenvalue weighted by molar-refractivity contribution is -0.114. The Hall–Kier alpha value is -2.49. The predicted molar refractivity (Wildman–Crippen MR) is 80.4 cm³/mol. The fraction of sp³-hybridized carbons (Fsp3) is 0.235. The number of ketones is 1. The Morgan fingerprint density at radius 1 is 1.10 bits per heavy atom. The van der Waals surface area contributed by atoms with Gasteiger partial charge in [-0.3, -0.25) is 19.5 Å². The van der Waals surface area contributed by atoms with Crippen molar-refractivity contribution in [2.24, 2.45) is 0 Å². The number of hydrogen-bond acceptors (Lipinski definition) is 3. The number of pyridine rings is 1. The van der Waals surface area contributed by atoms with Crippen molar-refractivity contribution in [2.45, 2.75) is 27.3 Å². The highest BCUT2D eigenvalue weighted by Gasteiger charge is 2.37. The minimum absolute atomic E-state index is 0.372. The largest absolute Gasteiger partial charge is 0.300 e. The van der Waals surface area contributed by atoms with Gasteiger partial charge in [0.25, 0.3) is 11.7 Å². The van der Waals surface area contributed by atoms with Gasteiger partial charge in [-0.2, -0.15) is 0 Å². The molecule has 1 amide bonds. The highest BCUT2D eigenvalue weighted by atomic mass is 16.2. The highest BCUT2D eigenvalue weighted by molar-refractivity contribution is 6.52. The molecule has 4 nitrogen and oxygen atoms in total. The Morgan fingerprint density at radius 2 is 1.86 bits per heavy atom. The highest BCUT2D eigenvalue weighted by Crippen LogP contribution is 2.35. The van der Waals surface area contributed by atoms with Gasteiger partial charge in [-0.05, 0) is 49.1 Å². The molecule has 0 aliphatic carbocycles. The van der Waals surface area contributed by atoms with Gasteiger partial charge >= 0.3 is 0 Å². The molecule has 1 aliphatic heterocycles. The number of aromatic nitrogens is 1. The van der Waals surface area contributed by atoms with E-state index in [1.54, 1.807) is 23.4 Å². The standard InChI is InChI=1S/C17H16N2O2/c1-10-6-13(8-18-7-10)9-19-15-12(3)11(2)4-5-14(15)16(20)17(19)21/h4-8H,9H2,1-3H3. The number of benzene rings is 1. The lowest BCUT2D eigenvalue weighted by atomic mass is 10.0. The van der Waals surface area contributed by atoms with Crippen LogP contribution in [0.3, 0.4) is 0 Å². The van der Waals surface area contributed by atoms with Gasteiger partial charge in [-0.1, -0.05) is 12.1 Å². The van der Waals surface area contributed by atoms with Crippen molar-refractivity contribution in [3.05, 3.63) is 58.4 Å². The minimum Gasteiger partial charge on any atom is -0.300 e. The third kappa shape index (κ3) is 2.13. The summed E-state index contributed by atoms with van der Waals surface area (Å²) in [6.45, 7) is 6.25. The first kappa shape index (κ1) is 13.5. The predicted octanol–water partition coefficient (Wildman–Crippen LogP) is 2.74. The van der Waals surface area contributed by atoms with Crippen LogP contribution in [0, 0.1) is 20.8 Å². The fourth-order valence-corrected chi connectivity index (χ4v) is 2.71. The summed E-state index contributed by atoms with van der Waals surface area (Å²) >= 11 is 0. The van der Waals surface area contributed by atoms with Crippen LogP contribution in [0.4, 0.5) is 5.69 Å². The van der Waals surface area contributed by atoms with Gasteiger partial charge in [0.1, 0.15) is 0 Å². The van der Waals surface area contributed by atoms with Crippen molar-refractivity contribution in [3.8, 4) is 0 Å².